The van der Waals surface area contributed by atoms with Gasteiger partial charge in [0.25, 0.3) is 5.91 Å². The number of allylic oxidation sites excluding steroid dienone is 1. The molecule has 1 aromatic rings. The number of carbonyl (C=O) groups excluding carboxylic acids is 3. The molecule has 0 saturated heterocycles. The summed E-state index contributed by atoms with van der Waals surface area (Å²) in [5, 5.41) is 55.2. The van der Waals surface area contributed by atoms with E-state index in [0.29, 0.717) is 6.07 Å². The summed E-state index contributed by atoms with van der Waals surface area (Å²) in [6, 6.07) is -0.950. The van der Waals surface area contributed by atoms with Gasteiger partial charge in [-0.1, -0.05) is 0 Å². The number of hydrogen-bond acceptors (Lipinski definition) is 10. The van der Waals surface area contributed by atoms with E-state index in [1.54, 1.807) is 0 Å². The van der Waals surface area contributed by atoms with Crippen molar-refractivity contribution in [2.45, 2.75) is 24.5 Å². The molecule has 0 bridgehead atoms. The molecule has 15 heteroatoms. The number of likely N-dealkylation sites (N-methyl/N-ethyl adjacent to an activating group) is 1. The maximum atomic E-state index is 14.4. The number of benzene rings is 1. The second kappa shape index (κ2) is 8.66. The van der Waals surface area contributed by atoms with Crippen LogP contribution in [0.25, 0.3) is 5.83 Å². The van der Waals surface area contributed by atoms with E-state index in [0.717, 1.165) is 0 Å². The Bertz CT molecular complexity index is 1440. The van der Waals surface area contributed by atoms with E-state index >= 15 is 0 Å². The van der Waals surface area contributed by atoms with Crippen LogP contribution >= 0.6 is 0 Å². The number of fused-ring (bicyclic) bond motifs is 3. The van der Waals surface area contributed by atoms with Gasteiger partial charge in [0, 0.05) is 23.1 Å². The monoisotopic (exact) mass is 539 g/mol. The molecule has 38 heavy (non-hydrogen) atoms. The number of aliphatic hydroxyl groups is 3. The Labute approximate surface area is 210 Å². The summed E-state index contributed by atoms with van der Waals surface area (Å²) in [6.45, 7) is 0. The molecule has 4 atom stereocenters. The zero-order valence-electron chi connectivity index (χ0n) is 19.7. The van der Waals surface area contributed by atoms with Crippen molar-refractivity contribution in [2.24, 2.45) is 17.6 Å². The zero-order chi connectivity index (χ0) is 28.6. The highest BCUT2D eigenvalue weighted by molar-refractivity contribution is 6.25. The number of nitrogens with two attached hydrogens (primary N) is 1. The SMILES string of the molecule is CN(C)[C@@H]1C(O)=C(C(N)=O)C(=O)[C@@]2(O)C(O)=C3C(=O)c4c(O)c([N+](=O)[O-])cc(C(F)=C(F)F)c4C[C@H]3C[C@@H]12. The standard InChI is InChI=1S/C23H20F3N3O9/c1-28(2)15-9-4-6-3-7-8(14(24)21(25)26)5-10(29(37)38)16(30)12(7)17(31)11(6)19(33)23(9,36)20(34)13(18(15)32)22(27)35/h5-6,9,15,30,32-33,36H,3-4H2,1-2H3,(H2,27,35)/t6-,9-,15-,23-/m0/s1. The maximum Gasteiger partial charge on any atom is 0.312 e. The van der Waals surface area contributed by atoms with Crippen molar-refractivity contribution in [3.05, 3.63) is 61.6 Å². The molecule has 0 spiro atoms. The van der Waals surface area contributed by atoms with E-state index in [9.17, 15) is 58.1 Å². The summed E-state index contributed by atoms with van der Waals surface area (Å²) in [4.78, 5) is 50.1. The largest absolute Gasteiger partial charge is 0.510 e. The Morgan fingerprint density at radius 1 is 1.21 bits per heavy atom. The number of aliphatic hydroxyl groups excluding tert-OH is 2. The minimum Gasteiger partial charge on any atom is -0.510 e. The van der Waals surface area contributed by atoms with Gasteiger partial charge in [0.15, 0.2) is 17.2 Å². The molecule has 0 radical (unpaired) electrons. The van der Waals surface area contributed by atoms with Crippen molar-refractivity contribution in [1.29, 1.82) is 0 Å². The highest BCUT2D eigenvalue weighted by Crippen LogP contribution is 2.53. The number of ketones is 2. The molecule has 0 aliphatic heterocycles. The number of nitro benzene ring substituents is 1. The van der Waals surface area contributed by atoms with Crippen LogP contribution in [0.4, 0.5) is 18.9 Å². The van der Waals surface area contributed by atoms with E-state index < -0.39 is 115 Å². The number of primary amides is 1. The van der Waals surface area contributed by atoms with E-state index in [1.165, 1.54) is 19.0 Å². The van der Waals surface area contributed by atoms with Crippen LogP contribution in [0, 0.1) is 22.0 Å². The van der Waals surface area contributed by atoms with Gasteiger partial charge in [-0.15, -0.1) is 0 Å². The summed E-state index contributed by atoms with van der Waals surface area (Å²) in [5.74, 6) is -12.5. The Balaban J connectivity index is 2.04. The lowest BCUT2D eigenvalue weighted by Crippen LogP contribution is -2.63. The molecule has 3 aliphatic carbocycles. The first kappa shape index (κ1) is 26.8. The topological polar surface area (TPSA) is 205 Å². The van der Waals surface area contributed by atoms with E-state index in [1.807, 2.05) is 0 Å². The fourth-order valence-electron chi connectivity index (χ4n) is 5.74. The lowest BCUT2D eigenvalue weighted by molar-refractivity contribution is -0.385. The third-order valence-corrected chi connectivity index (χ3v) is 7.30. The number of hydrogen-bond donors (Lipinski definition) is 5. The number of carbonyl (C=O) groups is 3. The first-order chi connectivity index (χ1) is 17.6. The Kier molecular flexibility index (Phi) is 6.11. The fourth-order valence-corrected chi connectivity index (χ4v) is 5.74. The minimum absolute atomic E-state index is 0.351. The van der Waals surface area contributed by atoms with Crippen molar-refractivity contribution >= 4 is 29.0 Å². The summed E-state index contributed by atoms with van der Waals surface area (Å²) in [7, 11) is 2.82. The van der Waals surface area contributed by atoms with Crippen molar-refractivity contribution in [3.63, 3.8) is 0 Å². The molecule has 0 saturated carbocycles. The lowest BCUT2D eigenvalue weighted by atomic mass is 9.58. The smallest absolute Gasteiger partial charge is 0.312 e. The molecule has 1 amide bonds. The zero-order valence-corrected chi connectivity index (χ0v) is 19.7. The summed E-state index contributed by atoms with van der Waals surface area (Å²) in [6.07, 6.45) is -3.76. The molecule has 0 aromatic heterocycles. The fraction of sp³-hybridized carbons (Fsp3) is 0.348. The molecule has 0 fully saturated rings. The maximum absolute atomic E-state index is 14.4. The van der Waals surface area contributed by atoms with Gasteiger partial charge in [-0.3, -0.25) is 29.4 Å². The molecule has 1 aromatic carbocycles. The van der Waals surface area contributed by atoms with Crippen LogP contribution in [0.1, 0.15) is 27.9 Å². The second-order valence-electron chi connectivity index (χ2n) is 9.44. The third kappa shape index (κ3) is 3.42. The first-order valence-electron chi connectivity index (χ1n) is 11.0. The van der Waals surface area contributed by atoms with Gasteiger partial charge in [-0.05, 0) is 38.4 Å². The number of halogens is 3. The van der Waals surface area contributed by atoms with Gasteiger partial charge < -0.3 is 26.2 Å². The van der Waals surface area contributed by atoms with Gasteiger partial charge in [-0.25, -0.2) is 4.39 Å². The van der Waals surface area contributed by atoms with Crippen LogP contribution in [-0.4, -0.2) is 73.5 Å². The first-order valence-corrected chi connectivity index (χ1v) is 11.0. The van der Waals surface area contributed by atoms with Crippen molar-refractivity contribution < 1.29 is 52.9 Å². The molecule has 3 aliphatic rings. The molecule has 0 heterocycles. The number of nitro groups is 1. The Morgan fingerprint density at radius 2 is 1.82 bits per heavy atom. The van der Waals surface area contributed by atoms with Crippen LogP contribution in [0.5, 0.6) is 5.75 Å². The van der Waals surface area contributed by atoms with Crippen molar-refractivity contribution in [3.8, 4) is 5.75 Å². The summed E-state index contributed by atoms with van der Waals surface area (Å²) < 4.78 is 40.8. The molecule has 6 N–H and O–H groups in total. The van der Waals surface area contributed by atoms with Crippen LogP contribution in [0.2, 0.25) is 0 Å². The van der Waals surface area contributed by atoms with Gasteiger partial charge in [0.1, 0.15) is 17.1 Å². The number of phenols is 1. The summed E-state index contributed by atoms with van der Waals surface area (Å²) in [5.41, 5.74) is -3.26. The van der Waals surface area contributed by atoms with E-state index in [-0.39, 0.29) is 6.42 Å². The predicted octanol–water partition coefficient (Wildman–Crippen LogP) is 1.56. The Hall–Kier alpha value is -4.24. The van der Waals surface area contributed by atoms with Gasteiger partial charge in [0.2, 0.25) is 11.5 Å². The molecule has 0 unspecified atom stereocenters. The van der Waals surface area contributed by atoms with Crippen LogP contribution < -0.4 is 5.73 Å². The van der Waals surface area contributed by atoms with Crippen LogP contribution in [0.15, 0.2) is 34.8 Å². The van der Waals surface area contributed by atoms with Gasteiger partial charge in [-0.2, -0.15) is 8.78 Å². The number of Topliss-reactive ketones (excluding diaryl/α,β-unsaturated/α-hetero) is 2. The van der Waals surface area contributed by atoms with Crippen molar-refractivity contribution in [1.82, 2.24) is 4.90 Å². The average Bonchev–Trinajstić information content (AvgIpc) is 2.80. The number of amides is 1. The Morgan fingerprint density at radius 3 is 2.32 bits per heavy atom. The molecular weight excluding hydrogens is 519 g/mol. The molecule has 12 nitrogen and oxygen atoms in total. The van der Waals surface area contributed by atoms with Gasteiger partial charge >= 0.3 is 11.8 Å². The highest BCUT2D eigenvalue weighted by atomic mass is 19.3. The van der Waals surface area contributed by atoms with E-state index in [4.69, 9.17) is 5.73 Å². The highest BCUT2D eigenvalue weighted by Gasteiger charge is 2.63. The quantitative estimate of drug-likeness (QED) is 0.212. The number of aromatic hydroxyl groups is 1. The normalized spacial score (nSPS) is 26.7. The number of rotatable bonds is 4. The van der Waals surface area contributed by atoms with Crippen LogP contribution in [-0.2, 0) is 16.0 Å². The van der Waals surface area contributed by atoms with E-state index in [2.05, 4.69) is 0 Å². The summed E-state index contributed by atoms with van der Waals surface area (Å²) >= 11 is 0. The second-order valence-corrected chi connectivity index (χ2v) is 9.44. The molecule has 202 valence electrons. The third-order valence-electron chi connectivity index (χ3n) is 7.30. The van der Waals surface area contributed by atoms with Crippen molar-refractivity contribution in [2.75, 3.05) is 14.1 Å². The minimum atomic E-state index is -2.97. The van der Waals surface area contributed by atoms with Gasteiger partial charge in [0.05, 0.1) is 16.5 Å². The number of phenolic OH excluding ortho intramolecular Hbond substituents is 1. The average molecular weight is 539 g/mol. The van der Waals surface area contributed by atoms with Crippen LogP contribution in [0.3, 0.4) is 0 Å². The molecular formula is C23H20F3N3O9. The molecule has 4 rings (SSSR count). The lowest BCUT2D eigenvalue weighted by Gasteiger charge is -2.50. The number of nitrogens with zero attached hydrogens (tertiary/aromatic N) is 2. The predicted molar refractivity (Wildman–Crippen MR) is 121 cm³/mol.